The zero-order valence-corrected chi connectivity index (χ0v) is 14.3. The summed E-state index contributed by atoms with van der Waals surface area (Å²) in [6.07, 6.45) is 3.75. The molecule has 0 N–H and O–H groups in total. The van der Waals surface area contributed by atoms with Crippen LogP contribution in [0.2, 0.25) is 0 Å². The van der Waals surface area contributed by atoms with Crippen LogP contribution in [-0.4, -0.2) is 41.3 Å². The number of imide groups is 1. The van der Waals surface area contributed by atoms with Crippen LogP contribution in [0.3, 0.4) is 0 Å². The molecule has 4 rings (SSSR count). The Morgan fingerprint density at radius 2 is 1.84 bits per heavy atom. The molecule has 0 bridgehead atoms. The number of hydrogen-bond acceptors (Lipinski definition) is 4. The van der Waals surface area contributed by atoms with Crippen LogP contribution in [0.15, 0.2) is 24.3 Å². The molecule has 0 spiro atoms. The molecule has 6 heteroatoms. The quantitative estimate of drug-likeness (QED) is 0.743. The molecule has 3 aliphatic rings. The molecule has 1 atom stereocenters. The highest BCUT2D eigenvalue weighted by molar-refractivity contribution is 6.23. The van der Waals surface area contributed by atoms with E-state index in [9.17, 15) is 14.4 Å². The van der Waals surface area contributed by atoms with E-state index < -0.39 is 6.04 Å². The number of ether oxygens (including phenoxy) is 1. The Labute approximate surface area is 146 Å². The molecule has 1 aromatic carbocycles. The van der Waals surface area contributed by atoms with Gasteiger partial charge in [0.05, 0.1) is 18.7 Å². The van der Waals surface area contributed by atoms with Crippen molar-refractivity contribution in [2.45, 2.75) is 51.1 Å². The van der Waals surface area contributed by atoms with Gasteiger partial charge in [-0.25, -0.2) is 4.90 Å². The molecule has 1 unspecified atom stereocenters. The number of amides is 3. The highest BCUT2D eigenvalue weighted by Crippen LogP contribution is 2.39. The van der Waals surface area contributed by atoms with Gasteiger partial charge in [0.25, 0.3) is 5.91 Å². The summed E-state index contributed by atoms with van der Waals surface area (Å²) in [5.41, 5.74) is 0.538. The molecule has 1 aromatic rings. The maximum atomic E-state index is 12.9. The number of rotatable bonds is 6. The van der Waals surface area contributed by atoms with E-state index in [1.54, 1.807) is 29.2 Å². The fraction of sp³-hybridized carbons (Fsp3) is 0.526. The highest BCUT2D eigenvalue weighted by atomic mass is 16.5. The van der Waals surface area contributed by atoms with Crippen molar-refractivity contribution in [2.75, 3.05) is 11.5 Å². The third-order valence-corrected chi connectivity index (χ3v) is 4.99. The summed E-state index contributed by atoms with van der Waals surface area (Å²) in [4.78, 5) is 41.0. The molecule has 3 amide bonds. The van der Waals surface area contributed by atoms with E-state index in [0.29, 0.717) is 18.0 Å². The van der Waals surface area contributed by atoms with E-state index in [4.69, 9.17) is 4.74 Å². The number of anilines is 1. The fourth-order valence-electron chi connectivity index (χ4n) is 3.44. The molecule has 1 saturated heterocycles. The van der Waals surface area contributed by atoms with E-state index in [0.717, 1.165) is 25.7 Å². The molecule has 25 heavy (non-hydrogen) atoms. The van der Waals surface area contributed by atoms with Crippen LogP contribution in [0.1, 0.15) is 39.0 Å². The van der Waals surface area contributed by atoms with Crippen molar-refractivity contribution in [3.05, 3.63) is 24.3 Å². The Bertz CT molecular complexity index is 707. The largest absolute Gasteiger partial charge is 0.494 e. The topological polar surface area (TPSA) is 66.9 Å². The maximum absolute atomic E-state index is 12.9. The Balaban J connectivity index is 1.55. The van der Waals surface area contributed by atoms with Gasteiger partial charge in [0.1, 0.15) is 11.8 Å². The van der Waals surface area contributed by atoms with Crippen LogP contribution < -0.4 is 9.64 Å². The Kier molecular flexibility index (Phi) is 3.98. The normalized spacial score (nSPS) is 23.1. The van der Waals surface area contributed by atoms with Crippen molar-refractivity contribution >= 4 is 23.4 Å². The van der Waals surface area contributed by atoms with Crippen LogP contribution in [0.4, 0.5) is 5.69 Å². The van der Waals surface area contributed by atoms with Gasteiger partial charge in [-0.15, -0.1) is 0 Å². The summed E-state index contributed by atoms with van der Waals surface area (Å²) in [6.45, 7) is 2.46. The SMILES string of the molecule is CCOc1ccc(N2C(=O)CC(N(C(=O)C3CC3)C3CC3)C2=O)cc1. The van der Waals surface area contributed by atoms with Crippen molar-refractivity contribution in [3.8, 4) is 5.75 Å². The molecule has 2 saturated carbocycles. The fourth-order valence-corrected chi connectivity index (χ4v) is 3.44. The van der Waals surface area contributed by atoms with Gasteiger partial charge in [-0.05, 0) is 56.9 Å². The first-order chi connectivity index (χ1) is 12.1. The van der Waals surface area contributed by atoms with E-state index in [1.807, 2.05) is 6.92 Å². The summed E-state index contributed by atoms with van der Waals surface area (Å²) < 4.78 is 5.40. The van der Waals surface area contributed by atoms with E-state index >= 15 is 0 Å². The van der Waals surface area contributed by atoms with Gasteiger partial charge in [0, 0.05) is 12.0 Å². The van der Waals surface area contributed by atoms with Crippen LogP contribution in [-0.2, 0) is 14.4 Å². The zero-order chi connectivity index (χ0) is 17.6. The summed E-state index contributed by atoms with van der Waals surface area (Å²) in [5.74, 6) is 0.291. The number of nitrogens with zero attached hydrogens (tertiary/aromatic N) is 2. The van der Waals surface area contributed by atoms with Gasteiger partial charge in [-0.2, -0.15) is 0 Å². The zero-order valence-electron chi connectivity index (χ0n) is 14.3. The lowest BCUT2D eigenvalue weighted by atomic mass is 10.1. The van der Waals surface area contributed by atoms with Crippen molar-refractivity contribution in [2.24, 2.45) is 5.92 Å². The molecule has 1 aliphatic heterocycles. The standard InChI is InChI=1S/C19H22N2O4/c1-2-25-15-9-7-14(8-10-15)21-17(22)11-16(19(21)24)20(13-5-6-13)18(23)12-3-4-12/h7-10,12-13,16H,2-6,11H2,1H3. The Hall–Kier alpha value is -2.37. The number of carbonyl (C=O) groups is 3. The predicted molar refractivity (Wildman–Crippen MR) is 91.1 cm³/mol. The molecule has 2 aliphatic carbocycles. The monoisotopic (exact) mass is 342 g/mol. The molecule has 0 aromatic heterocycles. The molecule has 132 valence electrons. The lowest BCUT2D eigenvalue weighted by Crippen LogP contribution is -2.47. The number of carbonyl (C=O) groups excluding carboxylic acids is 3. The van der Waals surface area contributed by atoms with Gasteiger partial charge in [-0.3, -0.25) is 14.4 Å². The van der Waals surface area contributed by atoms with E-state index in [-0.39, 0.29) is 36.1 Å². The first kappa shape index (κ1) is 16.1. The minimum Gasteiger partial charge on any atom is -0.494 e. The van der Waals surface area contributed by atoms with Crippen molar-refractivity contribution < 1.29 is 19.1 Å². The molecule has 0 radical (unpaired) electrons. The lowest BCUT2D eigenvalue weighted by molar-refractivity contribution is -0.140. The number of benzene rings is 1. The summed E-state index contributed by atoms with van der Waals surface area (Å²) in [7, 11) is 0. The van der Waals surface area contributed by atoms with Crippen LogP contribution in [0.25, 0.3) is 0 Å². The van der Waals surface area contributed by atoms with Crippen molar-refractivity contribution in [1.82, 2.24) is 4.90 Å². The minimum absolute atomic E-state index is 0.0576. The lowest BCUT2D eigenvalue weighted by Gasteiger charge is -2.27. The Morgan fingerprint density at radius 3 is 2.40 bits per heavy atom. The van der Waals surface area contributed by atoms with Crippen molar-refractivity contribution in [3.63, 3.8) is 0 Å². The van der Waals surface area contributed by atoms with E-state index in [2.05, 4.69) is 0 Å². The van der Waals surface area contributed by atoms with Gasteiger partial charge in [-0.1, -0.05) is 0 Å². The van der Waals surface area contributed by atoms with Gasteiger partial charge in [0.2, 0.25) is 11.8 Å². The Morgan fingerprint density at radius 1 is 1.16 bits per heavy atom. The van der Waals surface area contributed by atoms with Gasteiger partial charge in [0.15, 0.2) is 0 Å². The van der Waals surface area contributed by atoms with Crippen LogP contribution in [0.5, 0.6) is 5.75 Å². The minimum atomic E-state index is -0.639. The smallest absolute Gasteiger partial charge is 0.257 e. The average molecular weight is 342 g/mol. The first-order valence-electron chi connectivity index (χ1n) is 9.02. The molecule has 1 heterocycles. The summed E-state index contributed by atoms with van der Waals surface area (Å²) in [6, 6.07) is 6.43. The molecule has 3 fully saturated rings. The second kappa shape index (κ2) is 6.17. The summed E-state index contributed by atoms with van der Waals surface area (Å²) in [5, 5.41) is 0. The molecule has 6 nitrogen and oxygen atoms in total. The van der Waals surface area contributed by atoms with E-state index in [1.165, 1.54) is 4.90 Å². The molecular formula is C19H22N2O4. The van der Waals surface area contributed by atoms with Crippen LogP contribution >= 0.6 is 0 Å². The molecular weight excluding hydrogens is 320 g/mol. The highest BCUT2D eigenvalue weighted by Gasteiger charge is 2.51. The second-order valence-electron chi connectivity index (χ2n) is 6.97. The average Bonchev–Trinajstić information content (AvgIpc) is 3.49. The third-order valence-electron chi connectivity index (χ3n) is 4.99. The first-order valence-corrected chi connectivity index (χ1v) is 9.02. The van der Waals surface area contributed by atoms with Gasteiger partial charge >= 0.3 is 0 Å². The summed E-state index contributed by atoms with van der Waals surface area (Å²) >= 11 is 0. The second-order valence-corrected chi connectivity index (χ2v) is 6.97. The maximum Gasteiger partial charge on any atom is 0.257 e. The third kappa shape index (κ3) is 3.01. The van der Waals surface area contributed by atoms with Crippen molar-refractivity contribution in [1.29, 1.82) is 0 Å². The van der Waals surface area contributed by atoms with Gasteiger partial charge < -0.3 is 9.64 Å². The predicted octanol–water partition coefficient (Wildman–Crippen LogP) is 2.12. The van der Waals surface area contributed by atoms with Crippen LogP contribution in [0, 0.1) is 5.92 Å². The number of hydrogen-bond donors (Lipinski definition) is 0.